The number of alkyl halides is 3. The van der Waals surface area contributed by atoms with Crippen molar-refractivity contribution in [2.24, 2.45) is 11.8 Å². The zero-order valence-electron chi connectivity index (χ0n) is 18.8. The van der Waals surface area contributed by atoms with Gasteiger partial charge in [-0.25, -0.2) is 0 Å². The summed E-state index contributed by atoms with van der Waals surface area (Å²) in [5, 5.41) is 0. The van der Waals surface area contributed by atoms with Crippen molar-refractivity contribution >= 4 is 17.4 Å². The molecule has 2 aliphatic carbocycles. The summed E-state index contributed by atoms with van der Waals surface area (Å²) in [7, 11) is 0. The van der Waals surface area contributed by atoms with E-state index >= 15 is 0 Å². The Balaban J connectivity index is 1.97. The number of benzene rings is 1. The fraction of sp³-hybridized carbons (Fsp3) is 0.520. The van der Waals surface area contributed by atoms with E-state index in [9.17, 15) is 22.8 Å². The minimum atomic E-state index is -4.46. The highest BCUT2D eigenvalue weighted by atomic mass is 19.4. The van der Waals surface area contributed by atoms with Crippen molar-refractivity contribution in [3.05, 3.63) is 52.6 Å². The molecular formula is C25H30F3NO3. The molecule has 0 spiro atoms. The van der Waals surface area contributed by atoms with Crippen LogP contribution in [0, 0.1) is 11.8 Å². The Bertz CT molecular complexity index is 929. The summed E-state index contributed by atoms with van der Waals surface area (Å²) in [6.45, 7) is 6.46. The van der Waals surface area contributed by atoms with Crippen molar-refractivity contribution < 1.29 is 27.5 Å². The highest BCUT2D eigenvalue weighted by Crippen LogP contribution is 2.38. The maximum Gasteiger partial charge on any atom is 0.416 e. The van der Waals surface area contributed by atoms with Gasteiger partial charge in [-0.2, -0.15) is 13.2 Å². The number of carbonyl (C=O) groups is 2. The summed E-state index contributed by atoms with van der Waals surface area (Å²) in [4.78, 5) is 26.2. The Labute approximate surface area is 187 Å². The fourth-order valence-corrected chi connectivity index (χ4v) is 4.13. The van der Waals surface area contributed by atoms with Gasteiger partial charge >= 0.3 is 12.1 Å². The third-order valence-corrected chi connectivity index (χ3v) is 5.81. The van der Waals surface area contributed by atoms with E-state index in [1.54, 1.807) is 11.8 Å². The smallest absolute Gasteiger partial charge is 0.416 e. The molecule has 0 bridgehead atoms. The van der Waals surface area contributed by atoms with Crippen molar-refractivity contribution in [3.63, 3.8) is 0 Å². The van der Waals surface area contributed by atoms with Crippen LogP contribution in [0.25, 0.3) is 5.57 Å². The molecule has 1 aromatic rings. The second-order valence-electron chi connectivity index (χ2n) is 8.57. The molecule has 0 N–H and O–H groups in total. The summed E-state index contributed by atoms with van der Waals surface area (Å²) in [6, 6.07) is 3.75. The third kappa shape index (κ3) is 6.02. The highest BCUT2D eigenvalue weighted by molar-refractivity contribution is 5.82. The molecule has 0 aromatic heterocycles. The summed E-state index contributed by atoms with van der Waals surface area (Å²) in [5.74, 6) is -0.199. The molecule has 1 amide bonds. The van der Waals surface area contributed by atoms with Crippen LogP contribution in [0.1, 0.15) is 63.1 Å². The standard InChI is InChI=1S/C25H30F3NO3/c1-4-29(24(31)18-6-7-18)15-20-14-21(25(26,27)28)8-9-22(20)19-11-16(3)10-17(12-19)13-23(30)32-5-2/h8-10,12,14,16,18H,4-7,11,13,15H2,1-3H3. The summed E-state index contributed by atoms with van der Waals surface area (Å²) in [5.41, 5.74) is 2.12. The molecule has 1 saturated carbocycles. The molecule has 1 aromatic carbocycles. The van der Waals surface area contributed by atoms with Crippen LogP contribution < -0.4 is 0 Å². The number of amides is 1. The van der Waals surface area contributed by atoms with Gasteiger partial charge < -0.3 is 9.64 Å². The first-order valence-corrected chi connectivity index (χ1v) is 11.2. The van der Waals surface area contributed by atoms with Gasteiger partial charge in [0.1, 0.15) is 0 Å². The molecule has 2 aliphatic rings. The van der Waals surface area contributed by atoms with Crippen LogP contribution in [-0.4, -0.2) is 29.9 Å². The van der Waals surface area contributed by atoms with Crippen LogP contribution in [0.2, 0.25) is 0 Å². The first-order valence-electron chi connectivity index (χ1n) is 11.2. The molecule has 4 nitrogen and oxygen atoms in total. The van der Waals surface area contributed by atoms with Crippen LogP contribution in [0.15, 0.2) is 35.9 Å². The topological polar surface area (TPSA) is 46.6 Å². The van der Waals surface area contributed by atoms with Crippen LogP contribution >= 0.6 is 0 Å². The average molecular weight is 450 g/mol. The van der Waals surface area contributed by atoms with E-state index in [4.69, 9.17) is 4.74 Å². The molecule has 0 saturated heterocycles. The van der Waals surface area contributed by atoms with E-state index < -0.39 is 11.7 Å². The quantitative estimate of drug-likeness (QED) is 0.474. The first kappa shape index (κ1) is 24.1. The van der Waals surface area contributed by atoms with Crippen molar-refractivity contribution in [2.45, 2.75) is 59.2 Å². The zero-order chi connectivity index (χ0) is 23.5. The van der Waals surface area contributed by atoms with E-state index in [0.717, 1.165) is 36.1 Å². The second-order valence-corrected chi connectivity index (χ2v) is 8.57. The molecule has 1 unspecified atom stereocenters. The lowest BCUT2D eigenvalue weighted by atomic mass is 9.84. The second kappa shape index (κ2) is 9.92. The van der Waals surface area contributed by atoms with Crippen molar-refractivity contribution in [1.29, 1.82) is 0 Å². The largest absolute Gasteiger partial charge is 0.466 e. The fourth-order valence-electron chi connectivity index (χ4n) is 4.13. The van der Waals surface area contributed by atoms with Gasteiger partial charge in [0.2, 0.25) is 5.91 Å². The van der Waals surface area contributed by atoms with Gasteiger partial charge in [-0.15, -0.1) is 0 Å². The molecule has 1 fully saturated rings. The minimum absolute atomic E-state index is 0.00256. The number of hydrogen-bond acceptors (Lipinski definition) is 3. The van der Waals surface area contributed by atoms with E-state index in [1.165, 1.54) is 6.07 Å². The molecule has 3 rings (SSSR count). The lowest BCUT2D eigenvalue weighted by Crippen LogP contribution is -2.32. The first-order chi connectivity index (χ1) is 15.1. The number of ether oxygens (including phenoxy) is 1. The number of rotatable bonds is 8. The number of esters is 1. The zero-order valence-corrected chi connectivity index (χ0v) is 18.8. The van der Waals surface area contributed by atoms with Crippen molar-refractivity contribution in [1.82, 2.24) is 4.90 Å². The van der Waals surface area contributed by atoms with Gasteiger partial charge in [-0.1, -0.05) is 25.1 Å². The Morgan fingerprint density at radius 1 is 1.19 bits per heavy atom. The molecule has 0 aliphatic heterocycles. The Kier molecular flexibility index (Phi) is 7.47. The maximum absolute atomic E-state index is 13.4. The van der Waals surface area contributed by atoms with Gasteiger partial charge in [-0.05, 0) is 73.4 Å². The summed E-state index contributed by atoms with van der Waals surface area (Å²) >= 11 is 0. The SMILES string of the molecule is CCOC(=O)CC1=CC(C)CC(c2ccc(C(F)(F)F)cc2CN(CC)C(=O)C2CC2)=C1. The Hall–Kier alpha value is -2.57. The Morgan fingerprint density at radius 3 is 2.50 bits per heavy atom. The van der Waals surface area contributed by atoms with Crippen LogP contribution in [-0.2, 0) is 27.0 Å². The maximum atomic E-state index is 13.4. The minimum Gasteiger partial charge on any atom is -0.466 e. The monoisotopic (exact) mass is 449 g/mol. The number of carbonyl (C=O) groups excluding carboxylic acids is 2. The van der Waals surface area contributed by atoms with Gasteiger partial charge in [0, 0.05) is 19.0 Å². The number of allylic oxidation sites excluding steroid dienone is 3. The van der Waals surface area contributed by atoms with Crippen LogP contribution in [0.4, 0.5) is 13.2 Å². The Morgan fingerprint density at radius 2 is 1.91 bits per heavy atom. The molecular weight excluding hydrogens is 419 g/mol. The van der Waals surface area contributed by atoms with E-state index in [-0.39, 0.29) is 36.7 Å². The molecule has 0 radical (unpaired) electrons. The third-order valence-electron chi connectivity index (χ3n) is 5.81. The van der Waals surface area contributed by atoms with Crippen LogP contribution in [0.5, 0.6) is 0 Å². The molecule has 1 atom stereocenters. The lowest BCUT2D eigenvalue weighted by molar-refractivity contribution is -0.142. The van der Waals surface area contributed by atoms with Crippen LogP contribution in [0.3, 0.4) is 0 Å². The average Bonchev–Trinajstić information content (AvgIpc) is 3.55. The number of nitrogens with zero attached hydrogens (tertiary/aromatic N) is 1. The van der Waals surface area contributed by atoms with E-state index in [2.05, 4.69) is 0 Å². The normalized spacial score (nSPS) is 18.6. The van der Waals surface area contributed by atoms with Crippen molar-refractivity contribution in [3.8, 4) is 0 Å². The number of hydrogen-bond donors (Lipinski definition) is 0. The molecule has 7 heteroatoms. The lowest BCUT2D eigenvalue weighted by Gasteiger charge is -2.26. The molecule has 174 valence electrons. The van der Waals surface area contributed by atoms with E-state index in [0.29, 0.717) is 30.7 Å². The van der Waals surface area contributed by atoms with Gasteiger partial charge in [-0.3, -0.25) is 9.59 Å². The predicted octanol–water partition coefficient (Wildman–Crippen LogP) is 5.77. The molecule has 32 heavy (non-hydrogen) atoms. The number of halogens is 3. The summed E-state index contributed by atoms with van der Waals surface area (Å²) in [6.07, 6.45) is 1.87. The van der Waals surface area contributed by atoms with Gasteiger partial charge in [0.25, 0.3) is 0 Å². The van der Waals surface area contributed by atoms with Crippen molar-refractivity contribution in [2.75, 3.05) is 13.2 Å². The van der Waals surface area contributed by atoms with E-state index in [1.807, 2.05) is 26.0 Å². The highest BCUT2D eigenvalue weighted by Gasteiger charge is 2.34. The predicted molar refractivity (Wildman–Crippen MR) is 116 cm³/mol. The van der Waals surface area contributed by atoms with Gasteiger partial charge in [0.15, 0.2) is 0 Å². The molecule has 0 heterocycles. The van der Waals surface area contributed by atoms with Gasteiger partial charge in [0.05, 0.1) is 18.6 Å². The summed E-state index contributed by atoms with van der Waals surface area (Å²) < 4.78 is 45.4.